The van der Waals surface area contributed by atoms with Crippen molar-refractivity contribution in [3.63, 3.8) is 0 Å². The summed E-state index contributed by atoms with van der Waals surface area (Å²) in [5, 5.41) is 13.3. The van der Waals surface area contributed by atoms with Crippen LogP contribution in [0.25, 0.3) is 0 Å². The Morgan fingerprint density at radius 1 is 1.07 bits per heavy atom. The topological polar surface area (TPSA) is 110 Å². The van der Waals surface area contributed by atoms with Gasteiger partial charge < -0.3 is 9.64 Å². The minimum Gasteiger partial charge on any atom is -0.444 e. The molecule has 1 N–H and O–H groups in total. The molecular weight excluding hydrogens is 386 g/mol. The molecule has 0 aliphatic rings. The number of ether oxygens (including phenoxy) is 1. The summed E-state index contributed by atoms with van der Waals surface area (Å²) in [5.74, 6) is 1.55. The van der Waals surface area contributed by atoms with Crippen LogP contribution in [0.3, 0.4) is 0 Å². The Labute approximate surface area is 173 Å². The average molecular weight is 407 g/mol. The van der Waals surface area contributed by atoms with Crippen LogP contribution in [0.4, 0.5) is 22.0 Å². The smallest absolute Gasteiger partial charge is 0.411 e. The molecule has 0 saturated heterocycles. The van der Waals surface area contributed by atoms with Crippen molar-refractivity contribution in [2.24, 2.45) is 0 Å². The van der Waals surface area contributed by atoms with E-state index in [1.807, 2.05) is 37.2 Å². The summed E-state index contributed by atoms with van der Waals surface area (Å²) >= 11 is 0. The van der Waals surface area contributed by atoms with E-state index in [1.165, 1.54) is 12.1 Å². The van der Waals surface area contributed by atoms with E-state index >= 15 is 0 Å². The van der Waals surface area contributed by atoms with Crippen LogP contribution in [-0.4, -0.2) is 35.1 Å². The second-order valence-electron chi connectivity index (χ2n) is 6.72. The van der Waals surface area contributed by atoms with E-state index in [4.69, 9.17) is 4.74 Å². The molecule has 0 saturated carbocycles. The third-order valence-corrected chi connectivity index (χ3v) is 4.23. The predicted molar refractivity (Wildman–Crippen MR) is 113 cm³/mol. The Kier molecular flexibility index (Phi) is 6.53. The summed E-state index contributed by atoms with van der Waals surface area (Å²) in [4.78, 5) is 32.8. The van der Waals surface area contributed by atoms with Crippen molar-refractivity contribution in [3.05, 3.63) is 87.9 Å². The summed E-state index contributed by atoms with van der Waals surface area (Å²) in [6.45, 7) is 0.0153. The van der Waals surface area contributed by atoms with Crippen molar-refractivity contribution in [2.45, 2.75) is 13.0 Å². The molecule has 0 bridgehead atoms. The second-order valence-corrected chi connectivity index (χ2v) is 6.72. The number of nitrogens with zero attached hydrogens (tertiary/aromatic N) is 4. The molecule has 1 heterocycles. The fourth-order valence-corrected chi connectivity index (χ4v) is 2.63. The van der Waals surface area contributed by atoms with Gasteiger partial charge in [0.2, 0.25) is 0 Å². The molecule has 0 unspecified atom stereocenters. The first-order valence-corrected chi connectivity index (χ1v) is 9.16. The number of aromatic nitrogens is 2. The normalized spacial score (nSPS) is 10.3. The average Bonchev–Trinajstić information content (AvgIpc) is 2.74. The molecule has 0 atom stereocenters. The summed E-state index contributed by atoms with van der Waals surface area (Å²) in [6.07, 6.45) is 1.70. The minimum absolute atomic E-state index is 0.0119. The predicted octanol–water partition coefficient (Wildman–Crippen LogP) is 3.79. The monoisotopic (exact) mass is 407 g/mol. The van der Waals surface area contributed by atoms with E-state index in [0.29, 0.717) is 23.5 Å². The first-order chi connectivity index (χ1) is 14.4. The lowest BCUT2D eigenvalue weighted by Gasteiger charge is -2.11. The van der Waals surface area contributed by atoms with Gasteiger partial charge in [0.05, 0.1) is 4.92 Å². The van der Waals surface area contributed by atoms with Gasteiger partial charge in [0.1, 0.15) is 18.2 Å². The lowest BCUT2D eigenvalue weighted by Crippen LogP contribution is -2.13. The fourth-order valence-electron chi connectivity index (χ4n) is 2.63. The SMILES string of the molecule is CN(C)c1ccnc(Cc2ccc(NC(=O)OCc3ccc([N+](=O)[O-])cc3)cc2)n1. The van der Waals surface area contributed by atoms with Crippen LogP contribution in [0.1, 0.15) is 17.0 Å². The molecule has 9 nitrogen and oxygen atoms in total. The van der Waals surface area contributed by atoms with E-state index in [-0.39, 0.29) is 12.3 Å². The van der Waals surface area contributed by atoms with Gasteiger partial charge in [-0.2, -0.15) is 0 Å². The van der Waals surface area contributed by atoms with Crippen molar-refractivity contribution in [3.8, 4) is 0 Å². The molecular formula is C21H21N5O4. The minimum atomic E-state index is -0.608. The van der Waals surface area contributed by atoms with Gasteiger partial charge in [0, 0.05) is 44.5 Å². The molecule has 0 radical (unpaired) electrons. The van der Waals surface area contributed by atoms with Gasteiger partial charge in [-0.05, 0) is 41.5 Å². The van der Waals surface area contributed by atoms with Crippen molar-refractivity contribution in [2.75, 3.05) is 24.3 Å². The highest BCUT2D eigenvalue weighted by Gasteiger charge is 2.08. The fraction of sp³-hybridized carbons (Fsp3) is 0.190. The van der Waals surface area contributed by atoms with Gasteiger partial charge in [-0.25, -0.2) is 14.8 Å². The number of carbonyl (C=O) groups is 1. The van der Waals surface area contributed by atoms with Crippen molar-refractivity contribution in [1.29, 1.82) is 0 Å². The lowest BCUT2D eigenvalue weighted by atomic mass is 10.1. The Morgan fingerprint density at radius 2 is 1.73 bits per heavy atom. The molecule has 3 rings (SSSR count). The van der Waals surface area contributed by atoms with E-state index in [2.05, 4.69) is 15.3 Å². The van der Waals surface area contributed by atoms with Gasteiger partial charge in [-0.1, -0.05) is 12.1 Å². The summed E-state index contributed by atoms with van der Waals surface area (Å²) < 4.78 is 5.15. The Morgan fingerprint density at radius 3 is 2.37 bits per heavy atom. The summed E-state index contributed by atoms with van der Waals surface area (Å²) in [6, 6.07) is 15.0. The maximum absolute atomic E-state index is 12.0. The first-order valence-electron chi connectivity index (χ1n) is 9.16. The van der Waals surface area contributed by atoms with Gasteiger partial charge in [-0.15, -0.1) is 0 Å². The quantitative estimate of drug-likeness (QED) is 0.468. The molecule has 0 aliphatic heterocycles. The number of carbonyl (C=O) groups excluding carboxylic acids is 1. The van der Waals surface area contributed by atoms with Gasteiger partial charge in [0.15, 0.2) is 0 Å². The largest absolute Gasteiger partial charge is 0.444 e. The van der Waals surface area contributed by atoms with Gasteiger partial charge in [-0.3, -0.25) is 15.4 Å². The number of nitro groups is 1. The van der Waals surface area contributed by atoms with E-state index in [1.54, 1.807) is 30.5 Å². The molecule has 1 amide bonds. The van der Waals surface area contributed by atoms with E-state index in [0.717, 1.165) is 11.4 Å². The molecule has 0 fully saturated rings. The molecule has 1 aromatic heterocycles. The zero-order valence-corrected chi connectivity index (χ0v) is 16.6. The third kappa shape index (κ3) is 5.74. The number of hydrogen-bond acceptors (Lipinski definition) is 7. The number of benzene rings is 2. The highest BCUT2D eigenvalue weighted by Crippen LogP contribution is 2.15. The third-order valence-electron chi connectivity index (χ3n) is 4.23. The highest BCUT2D eigenvalue weighted by molar-refractivity contribution is 5.84. The molecule has 154 valence electrons. The van der Waals surface area contributed by atoms with Crippen LogP contribution in [0.15, 0.2) is 60.8 Å². The van der Waals surface area contributed by atoms with Crippen molar-refractivity contribution < 1.29 is 14.5 Å². The Bertz CT molecular complexity index is 1020. The zero-order valence-electron chi connectivity index (χ0n) is 16.6. The number of nitrogens with one attached hydrogen (secondary N) is 1. The highest BCUT2D eigenvalue weighted by atomic mass is 16.6. The summed E-state index contributed by atoms with van der Waals surface area (Å²) in [7, 11) is 3.85. The molecule has 30 heavy (non-hydrogen) atoms. The zero-order chi connectivity index (χ0) is 21.5. The van der Waals surface area contributed by atoms with Crippen LogP contribution in [0, 0.1) is 10.1 Å². The van der Waals surface area contributed by atoms with Crippen LogP contribution in [-0.2, 0) is 17.8 Å². The van der Waals surface area contributed by atoms with Crippen LogP contribution >= 0.6 is 0 Å². The second kappa shape index (κ2) is 9.46. The molecule has 3 aromatic rings. The number of amides is 1. The first kappa shape index (κ1) is 20.7. The summed E-state index contributed by atoms with van der Waals surface area (Å²) in [5.41, 5.74) is 2.25. The van der Waals surface area contributed by atoms with Crippen LogP contribution in [0.5, 0.6) is 0 Å². The van der Waals surface area contributed by atoms with Crippen molar-refractivity contribution >= 4 is 23.3 Å². The number of hydrogen-bond donors (Lipinski definition) is 1. The standard InChI is InChI=1S/C21H21N5O4/c1-25(2)20-11-12-22-19(24-20)13-15-3-7-17(8-4-15)23-21(27)30-14-16-5-9-18(10-6-16)26(28)29/h3-12H,13-14H2,1-2H3,(H,23,27). The maximum Gasteiger partial charge on any atom is 0.411 e. The molecule has 0 aliphatic carbocycles. The van der Waals surface area contributed by atoms with Crippen LogP contribution in [0.2, 0.25) is 0 Å². The lowest BCUT2D eigenvalue weighted by molar-refractivity contribution is -0.384. The Balaban J connectivity index is 1.51. The van der Waals surface area contributed by atoms with Gasteiger partial charge in [0.25, 0.3) is 5.69 Å². The number of non-ortho nitro benzene ring substituents is 1. The number of anilines is 2. The van der Waals surface area contributed by atoms with Crippen molar-refractivity contribution in [1.82, 2.24) is 9.97 Å². The molecule has 0 spiro atoms. The molecule has 9 heteroatoms. The molecule has 2 aromatic carbocycles. The van der Waals surface area contributed by atoms with Crippen LogP contribution < -0.4 is 10.2 Å². The Hall–Kier alpha value is -4.01. The number of nitro benzene ring substituents is 1. The van der Waals surface area contributed by atoms with E-state index in [9.17, 15) is 14.9 Å². The number of rotatable bonds is 7. The van der Waals surface area contributed by atoms with E-state index < -0.39 is 11.0 Å². The van der Waals surface area contributed by atoms with Gasteiger partial charge >= 0.3 is 6.09 Å². The maximum atomic E-state index is 12.0.